The summed E-state index contributed by atoms with van der Waals surface area (Å²) in [5.74, 6) is 0.467. The normalized spacial score (nSPS) is 10.4. The zero-order chi connectivity index (χ0) is 13.1. The van der Waals surface area contributed by atoms with Gasteiger partial charge in [0, 0.05) is 0 Å². The topological polar surface area (TPSA) is 29.5 Å². The third-order valence-electron chi connectivity index (χ3n) is 2.80. The van der Waals surface area contributed by atoms with Crippen molar-refractivity contribution >= 4 is 0 Å². The summed E-state index contributed by atoms with van der Waals surface area (Å²) >= 11 is 0. The molecule has 0 aliphatic carbocycles. The highest BCUT2D eigenvalue weighted by atomic mass is 19.1. The largest absolute Gasteiger partial charge is 0.454 e. The van der Waals surface area contributed by atoms with Gasteiger partial charge in [-0.1, -0.05) is 24.3 Å². The van der Waals surface area contributed by atoms with Crippen molar-refractivity contribution in [3.05, 3.63) is 58.9 Å². The molecule has 0 aliphatic rings. The SMILES string of the molecule is Cc1cc(CO)ccc1Oc1cccc(C)c1F. The van der Waals surface area contributed by atoms with Gasteiger partial charge in [-0.25, -0.2) is 4.39 Å². The molecule has 0 saturated carbocycles. The van der Waals surface area contributed by atoms with Crippen LogP contribution in [0.2, 0.25) is 0 Å². The lowest BCUT2D eigenvalue weighted by molar-refractivity contribution is 0.281. The molecule has 0 aromatic heterocycles. The number of aryl methyl sites for hydroxylation is 2. The van der Waals surface area contributed by atoms with E-state index in [1.54, 1.807) is 37.3 Å². The van der Waals surface area contributed by atoms with Gasteiger partial charge < -0.3 is 9.84 Å². The molecule has 2 aromatic rings. The summed E-state index contributed by atoms with van der Waals surface area (Å²) in [7, 11) is 0. The van der Waals surface area contributed by atoms with E-state index in [0.717, 1.165) is 11.1 Å². The van der Waals surface area contributed by atoms with Crippen LogP contribution in [-0.2, 0) is 6.61 Å². The van der Waals surface area contributed by atoms with Crippen molar-refractivity contribution in [2.75, 3.05) is 0 Å². The van der Waals surface area contributed by atoms with E-state index in [1.165, 1.54) is 0 Å². The van der Waals surface area contributed by atoms with Crippen LogP contribution >= 0.6 is 0 Å². The summed E-state index contributed by atoms with van der Waals surface area (Å²) in [5.41, 5.74) is 2.23. The van der Waals surface area contributed by atoms with Crippen LogP contribution in [0.3, 0.4) is 0 Å². The Balaban J connectivity index is 2.31. The van der Waals surface area contributed by atoms with Crippen LogP contribution in [0, 0.1) is 19.7 Å². The average Bonchev–Trinajstić information content (AvgIpc) is 2.37. The van der Waals surface area contributed by atoms with Crippen molar-refractivity contribution in [1.29, 1.82) is 0 Å². The lowest BCUT2D eigenvalue weighted by Crippen LogP contribution is -1.94. The van der Waals surface area contributed by atoms with Gasteiger partial charge in [-0.15, -0.1) is 0 Å². The second-order valence-corrected chi connectivity index (χ2v) is 4.25. The number of rotatable bonds is 3. The molecule has 0 saturated heterocycles. The van der Waals surface area contributed by atoms with E-state index in [4.69, 9.17) is 9.84 Å². The molecule has 1 N–H and O–H groups in total. The van der Waals surface area contributed by atoms with Crippen molar-refractivity contribution in [2.45, 2.75) is 20.5 Å². The van der Waals surface area contributed by atoms with Crippen LogP contribution in [0.4, 0.5) is 4.39 Å². The van der Waals surface area contributed by atoms with Crippen molar-refractivity contribution in [1.82, 2.24) is 0 Å². The molecule has 94 valence electrons. The maximum atomic E-state index is 13.8. The minimum Gasteiger partial charge on any atom is -0.454 e. The number of hydrogen-bond donors (Lipinski definition) is 1. The van der Waals surface area contributed by atoms with Crippen molar-refractivity contribution in [3.63, 3.8) is 0 Å². The minimum absolute atomic E-state index is 0.0140. The predicted molar refractivity (Wildman–Crippen MR) is 68.3 cm³/mol. The molecule has 0 aliphatic heterocycles. The Morgan fingerprint density at radius 3 is 2.50 bits per heavy atom. The number of ether oxygens (including phenoxy) is 1. The molecule has 2 rings (SSSR count). The van der Waals surface area contributed by atoms with Gasteiger partial charge in [0.25, 0.3) is 0 Å². The van der Waals surface area contributed by atoms with E-state index in [-0.39, 0.29) is 18.2 Å². The molecule has 0 heterocycles. The number of aliphatic hydroxyl groups excluding tert-OH is 1. The highest BCUT2D eigenvalue weighted by Crippen LogP contribution is 2.28. The van der Waals surface area contributed by atoms with E-state index in [9.17, 15) is 4.39 Å². The standard InChI is InChI=1S/C15H15FO2/c1-10-4-3-5-14(15(10)16)18-13-7-6-12(9-17)8-11(13)2/h3-8,17H,9H2,1-2H3. The fourth-order valence-corrected chi connectivity index (χ4v) is 1.74. The molecule has 0 fully saturated rings. The van der Waals surface area contributed by atoms with Crippen LogP contribution in [0.25, 0.3) is 0 Å². The van der Waals surface area contributed by atoms with Crippen LogP contribution in [-0.4, -0.2) is 5.11 Å². The fourth-order valence-electron chi connectivity index (χ4n) is 1.74. The molecule has 0 atom stereocenters. The monoisotopic (exact) mass is 246 g/mol. The number of halogens is 1. The second-order valence-electron chi connectivity index (χ2n) is 4.25. The number of benzene rings is 2. The highest BCUT2D eigenvalue weighted by molar-refractivity contribution is 5.41. The molecular weight excluding hydrogens is 231 g/mol. The molecule has 18 heavy (non-hydrogen) atoms. The Bertz CT molecular complexity index is 564. The Morgan fingerprint density at radius 1 is 1.06 bits per heavy atom. The molecular formula is C15H15FO2. The van der Waals surface area contributed by atoms with Crippen molar-refractivity contribution in [3.8, 4) is 11.5 Å². The quantitative estimate of drug-likeness (QED) is 0.894. The maximum absolute atomic E-state index is 13.8. The van der Waals surface area contributed by atoms with Gasteiger partial charge in [0.05, 0.1) is 6.61 Å². The molecule has 2 nitrogen and oxygen atoms in total. The van der Waals surface area contributed by atoms with E-state index in [0.29, 0.717) is 11.3 Å². The minimum atomic E-state index is -0.344. The molecule has 0 unspecified atom stereocenters. The molecule has 0 bridgehead atoms. The average molecular weight is 246 g/mol. The van der Waals surface area contributed by atoms with E-state index >= 15 is 0 Å². The first-order valence-electron chi connectivity index (χ1n) is 5.75. The van der Waals surface area contributed by atoms with Crippen LogP contribution in [0.15, 0.2) is 36.4 Å². The van der Waals surface area contributed by atoms with Gasteiger partial charge in [0.15, 0.2) is 11.6 Å². The smallest absolute Gasteiger partial charge is 0.168 e. The number of aliphatic hydroxyl groups is 1. The third-order valence-corrected chi connectivity index (χ3v) is 2.80. The summed E-state index contributed by atoms with van der Waals surface area (Å²) in [6.07, 6.45) is 0. The van der Waals surface area contributed by atoms with E-state index in [1.807, 2.05) is 13.0 Å². The van der Waals surface area contributed by atoms with Gasteiger partial charge in [0.2, 0.25) is 0 Å². The zero-order valence-corrected chi connectivity index (χ0v) is 10.4. The summed E-state index contributed by atoms with van der Waals surface area (Å²) in [5, 5.41) is 9.02. The van der Waals surface area contributed by atoms with Gasteiger partial charge in [-0.2, -0.15) is 0 Å². The summed E-state index contributed by atoms with van der Waals surface area (Å²) < 4.78 is 19.4. The summed E-state index contributed by atoms with van der Waals surface area (Å²) in [6.45, 7) is 3.55. The van der Waals surface area contributed by atoms with Crippen molar-refractivity contribution < 1.29 is 14.2 Å². The maximum Gasteiger partial charge on any atom is 0.168 e. The van der Waals surface area contributed by atoms with Crippen molar-refractivity contribution in [2.24, 2.45) is 0 Å². The lowest BCUT2D eigenvalue weighted by Gasteiger charge is -2.11. The fraction of sp³-hybridized carbons (Fsp3) is 0.200. The molecule has 0 radical (unpaired) electrons. The lowest BCUT2D eigenvalue weighted by atomic mass is 10.1. The van der Waals surface area contributed by atoms with Gasteiger partial charge >= 0.3 is 0 Å². The van der Waals surface area contributed by atoms with Gasteiger partial charge in [-0.05, 0) is 42.7 Å². The third kappa shape index (κ3) is 2.51. The predicted octanol–water partition coefficient (Wildman–Crippen LogP) is 3.73. The van der Waals surface area contributed by atoms with Gasteiger partial charge in [0.1, 0.15) is 5.75 Å². The Morgan fingerprint density at radius 2 is 1.83 bits per heavy atom. The second kappa shape index (κ2) is 5.19. The molecule has 0 amide bonds. The first-order chi connectivity index (χ1) is 8.61. The summed E-state index contributed by atoms with van der Waals surface area (Å²) in [4.78, 5) is 0. The van der Waals surface area contributed by atoms with Gasteiger partial charge in [-0.3, -0.25) is 0 Å². The number of hydrogen-bond acceptors (Lipinski definition) is 2. The van der Waals surface area contributed by atoms with E-state index < -0.39 is 0 Å². The summed E-state index contributed by atoms with van der Waals surface area (Å²) in [6, 6.07) is 10.4. The van der Waals surface area contributed by atoms with Crippen LogP contribution < -0.4 is 4.74 Å². The molecule has 0 spiro atoms. The zero-order valence-electron chi connectivity index (χ0n) is 10.4. The Kier molecular flexibility index (Phi) is 3.63. The first kappa shape index (κ1) is 12.6. The molecule has 2 aromatic carbocycles. The van der Waals surface area contributed by atoms with E-state index in [2.05, 4.69) is 0 Å². The Labute approximate surface area is 106 Å². The van der Waals surface area contributed by atoms with Crippen LogP contribution in [0.5, 0.6) is 11.5 Å². The molecule has 3 heteroatoms. The van der Waals surface area contributed by atoms with Crippen LogP contribution in [0.1, 0.15) is 16.7 Å². The highest BCUT2D eigenvalue weighted by Gasteiger charge is 2.08. The Hall–Kier alpha value is -1.87. The first-order valence-corrected chi connectivity index (χ1v) is 5.75.